The highest BCUT2D eigenvalue weighted by molar-refractivity contribution is 7.90. The number of fused-ring (bicyclic) bond motifs is 2. The molecule has 2 aliphatic heterocycles. The molecule has 1 N–H and O–H groups in total. The smallest absolute Gasteiger partial charge is 0.147 e. The van der Waals surface area contributed by atoms with Crippen LogP contribution in [0, 0.1) is 0 Å². The first-order chi connectivity index (χ1) is 7.36. The lowest BCUT2D eigenvalue weighted by atomic mass is 9.86. The maximum absolute atomic E-state index is 14.5. The van der Waals surface area contributed by atoms with Crippen molar-refractivity contribution >= 4 is 9.84 Å². The predicted octanol–water partition coefficient (Wildman–Crippen LogP) is 1.43. The molecule has 2 aliphatic rings. The third-order valence-electron chi connectivity index (χ3n) is 3.70. The van der Waals surface area contributed by atoms with Crippen LogP contribution >= 0.6 is 0 Å². The molecule has 0 aliphatic carbocycles. The first-order valence-corrected chi connectivity index (χ1v) is 8.05. The number of nitrogens with one attached hydrogen (secondary N) is 1. The first-order valence-electron chi connectivity index (χ1n) is 5.99. The molecule has 94 valence electrons. The fraction of sp³-hybridized carbons (Fsp3) is 1.00. The molecule has 0 aromatic heterocycles. The molecule has 0 radical (unpaired) electrons. The summed E-state index contributed by atoms with van der Waals surface area (Å²) in [4.78, 5) is 0. The Labute approximate surface area is 96.7 Å². The van der Waals surface area contributed by atoms with Crippen LogP contribution in [0.4, 0.5) is 4.39 Å². The van der Waals surface area contributed by atoms with Crippen molar-refractivity contribution in [2.75, 3.05) is 12.0 Å². The summed E-state index contributed by atoms with van der Waals surface area (Å²) in [6.07, 6.45) is 5.33. The lowest BCUT2D eigenvalue weighted by Crippen LogP contribution is -2.46. The Balaban J connectivity index is 1.84. The molecule has 2 rings (SSSR count). The lowest BCUT2D eigenvalue weighted by molar-refractivity contribution is 0.0789. The molecule has 0 spiro atoms. The van der Waals surface area contributed by atoms with Crippen molar-refractivity contribution in [3.8, 4) is 0 Å². The normalized spacial score (nSPS) is 38.9. The van der Waals surface area contributed by atoms with Crippen molar-refractivity contribution in [2.45, 2.75) is 56.3 Å². The molecule has 0 aromatic carbocycles. The van der Waals surface area contributed by atoms with E-state index in [1.165, 1.54) is 6.26 Å². The second-order valence-corrected chi connectivity index (χ2v) is 7.69. The Morgan fingerprint density at radius 3 is 2.38 bits per heavy atom. The van der Waals surface area contributed by atoms with Gasteiger partial charge in [0.1, 0.15) is 15.5 Å². The molecule has 2 bridgehead atoms. The van der Waals surface area contributed by atoms with Gasteiger partial charge in [-0.05, 0) is 38.5 Å². The number of piperidine rings is 1. The van der Waals surface area contributed by atoms with E-state index < -0.39 is 15.5 Å². The summed E-state index contributed by atoms with van der Waals surface area (Å²) in [7, 11) is -2.95. The molecule has 2 atom stereocenters. The SMILES string of the molecule is CS(=O)(=O)CCCC1(F)CC2CCC(C1)N2. The molecule has 0 aromatic rings. The van der Waals surface area contributed by atoms with Crippen molar-refractivity contribution in [3.63, 3.8) is 0 Å². The molecule has 0 saturated carbocycles. The van der Waals surface area contributed by atoms with Crippen LogP contribution in [0.2, 0.25) is 0 Å². The summed E-state index contributed by atoms with van der Waals surface area (Å²) in [6, 6.07) is 0.643. The van der Waals surface area contributed by atoms with Gasteiger partial charge in [0, 0.05) is 24.1 Å². The van der Waals surface area contributed by atoms with Crippen LogP contribution in [-0.4, -0.2) is 38.2 Å². The highest BCUT2D eigenvalue weighted by Gasteiger charge is 2.43. The maximum atomic E-state index is 14.5. The van der Waals surface area contributed by atoms with Gasteiger partial charge in [0.25, 0.3) is 0 Å². The van der Waals surface area contributed by atoms with Crippen LogP contribution in [0.15, 0.2) is 0 Å². The van der Waals surface area contributed by atoms with Gasteiger partial charge >= 0.3 is 0 Å². The minimum absolute atomic E-state index is 0.113. The van der Waals surface area contributed by atoms with E-state index in [1.54, 1.807) is 0 Å². The third-order valence-corrected chi connectivity index (χ3v) is 4.73. The van der Waals surface area contributed by atoms with Crippen LogP contribution in [0.5, 0.6) is 0 Å². The van der Waals surface area contributed by atoms with E-state index in [0.29, 0.717) is 37.8 Å². The van der Waals surface area contributed by atoms with Crippen molar-refractivity contribution < 1.29 is 12.8 Å². The summed E-state index contributed by atoms with van der Waals surface area (Å²) >= 11 is 0. The number of halogens is 1. The number of hydrogen-bond donors (Lipinski definition) is 1. The molecule has 2 unspecified atom stereocenters. The minimum atomic E-state index is -2.95. The zero-order valence-corrected chi connectivity index (χ0v) is 10.5. The predicted molar refractivity (Wildman–Crippen MR) is 62.0 cm³/mol. The highest BCUT2D eigenvalue weighted by Crippen LogP contribution is 2.39. The highest BCUT2D eigenvalue weighted by atomic mass is 32.2. The Hall–Kier alpha value is -0.160. The van der Waals surface area contributed by atoms with E-state index in [4.69, 9.17) is 0 Å². The molecule has 2 saturated heterocycles. The molecule has 3 nitrogen and oxygen atoms in total. The number of rotatable bonds is 4. The first kappa shape index (κ1) is 12.3. The summed E-state index contributed by atoms with van der Waals surface area (Å²) in [5, 5.41) is 3.39. The number of alkyl halides is 1. The van der Waals surface area contributed by atoms with Crippen molar-refractivity contribution in [2.24, 2.45) is 0 Å². The van der Waals surface area contributed by atoms with E-state index in [-0.39, 0.29) is 5.75 Å². The van der Waals surface area contributed by atoms with E-state index in [9.17, 15) is 12.8 Å². The average molecular weight is 249 g/mol. The van der Waals surface area contributed by atoms with Crippen molar-refractivity contribution in [1.82, 2.24) is 5.32 Å². The fourth-order valence-corrected chi connectivity index (χ4v) is 3.71. The molecule has 5 heteroatoms. The summed E-state index contributed by atoms with van der Waals surface area (Å²) in [6.45, 7) is 0. The van der Waals surface area contributed by atoms with Gasteiger partial charge in [0.05, 0.1) is 0 Å². The molecule has 16 heavy (non-hydrogen) atoms. The molecular formula is C11H20FNO2S. The van der Waals surface area contributed by atoms with E-state index in [2.05, 4.69) is 5.32 Å². The zero-order chi connectivity index (χ0) is 11.8. The summed E-state index contributed by atoms with van der Waals surface area (Å²) < 4.78 is 36.4. The van der Waals surface area contributed by atoms with Crippen LogP contribution < -0.4 is 5.32 Å². The van der Waals surface area contributed by atoms with Gasteiger partial charge < -0.3 is 5.32 Å². The van der Waals surface area contributed by atoms with Crippen molar-refractivity contribution in [1.29, 1.82) is 0 Å². The maximum Gasteiger partial charge on any atom is 0.147 e. The quantitative estimate of drug-likeness (QED) is 0.820. The number of sulfone groups is 1. The molecular weight excluding hydrogens is 229 g/mol. The second-order valence-electron chi connectivity index (χ2n) is 5.43. The lowest BCUT2D eigenvalue weighted by Gasteiger charge is -2.35. The number of hydrogen-bond acceptors (Lipinski definition) is 3. The van der Waals surface area contributed by atoms with Gasteiger partial charge in [-0.3, -0.25) is 0 Å². The van der Waals surface area contributed by atoms with Gasteiger partial charge in [0.2, 0.25) is 0 Å². The van der Waals surface area contributed by atoms with Crippen LogP contribution in [0.3, 0.4) is 0 Å². The second kappa shape index (κ2) is 4.26. The third kappa shape index (κ3) is 3.17. The fourth-order valence-electron chi connectivity index (χ4n) is 3.05. The van der Waals surface area contributed by atoms with Crippen LogP contribution in [-0.2, 0) is 9.84 Å². The van der Waals surface area contributed by atoms with Gasteiger partial charge in [-0.1, -0.05) is 0 Å². The average Bonchev–Trinajstić information content (AvgIpc) is 2.43. The van der Waals surface area contributed by atoms with Crippen LogP contribution in [0.1, 0.15) is 38.5 Å². The largest absolute Gasteiger partial charge is 0.311 e. The van der Waals surface area contributed by atoms with E-state index in [1.807, 2.05) is 0 Å². The summed E-state index contributed by atoms with van der Waals surface area (Å²) in [5.41, 5.74) is -1.12. The van der Waals surface area contributed by atoms with Gasteiger partial charge in [-0.25, -0.2) is 12.8 Å². The minimum Gasteiger partial charge on any atom is -0.311 e. The van der Waals surface area contributed by atoms with E-state index in [0.717, 1.165) is 12.8 Å². The van der Waals surface area contributed by atoms with Crippen molar-refractivity contribution in [3.05, 3.63) is 0 Å². The van der Waals surface area contributed by atoms with Gasteiger partial charge in [-0.15, -0.1) is 0 Å². The monoisotopic (exact) mass is 249 g/mol. The Morgan fingerprint density at radius 2 is 1.88 bits per heavy atom. The van der Waals surface area contributed by atoms with Crippen LogP contribution in [0.25, 0.3) is 0 Å². The van der Waals surface area contributed by atoms with Gasteiger partial charge in [-0.2, -0.15) is 0 Å². The standard InChI is InChI=1S/C11H20FNO2S/c1-16(14,15)6-2-5-11(12)7-9-3-4-10(8-11)13-9/h9-10,13H,2-8H2,1H3. The Kier molecular flexibility index (Phi) is 3.27. The molecule has 2 heterocycles. The Bertz CT molecular complexity index is 343. The Morgan fingerprint density at radius 1 is 1.31 bits per heavy atom. The van der Waals surface area contributed by atoms with Gasteiger partial charge in [0.15, 0.2) is 0 Å². The molecule has 0 amide bonds. The molecule has 2 fully saturated rings. The topological polar surface area (TPSA) is 46.2 Å². The summed E-state index contributed by atoms with van der Waals surface area (Å²) in [5.74, 6) is 0.113. The van der Waals surface area contributed by atoms with E-state index >= 15 is 0 Å². The zero-order valence-electron chi connectivity index (χ0n) is 9.71.